The zero-order valence-corrected chi connectivity index (χ0v) is 23.8. The van der Waals surface area contributed by atoms with E-state index in [1.807, 2.05) is 12.1 Å². The van der Waals surface area contributed by atoms with Crippen molar-refractivity contribution in [2.45, 2.75) is 0 Å². The summed E-state index contributed by atoms with van der Waals surface area (Å²) >= 11 is 0. The van der Waals surface area contributed by atoms with Gasteiger partial charge in [-0.15, -0.1) is 0 Å². The Morgan fingerprint density at radius 3 is 1.11 bits per heavy atom. The Balaban J connectivity index is 1.12. The van der Waals surface area contributed by atoms with Crippen LogP contribution in [0, 0.1) is 0 Å². The maximum Gasteiger partial charge on any atom is 0.135 e. The zero-order chi connectivity index (χ0) is 29.0. The SMILES string of the molecule is c1ccc(-c2cccc(-c3cccc(-c4ccc5oc6ccc(-c7ccc8oc9ccccc9c8c7)cc6c5c4)c3)c2)cc1. The lowest BCUT2D eigenvalue weighted by atomic mass is 9.95. The normalized spacial score (nSPS) is 11.6. The first-order valence-electron chi connectivity index (χ1n) is 14.9. The molecule has 0 N–H and O–H groups in total. The molecule has 44 heavy (non-hydrogen) atoms. The highest BCUT2D eigenvalue weighted by Gasteiger charge is 2.13. The Bertz CT molecular complexity index is 2490. The van der Waals surface area contributed by atoms with Crippen LogP contribution in [0.25, 0.3) is 88.4 Å². The summed E-state index contributed by atoms with van der Waals surface area (Å²) in [7, 11) is 0. The van der Waals surface area contributed by atoms with Crippen molar-refractivity contribution in [2.24, 2.45) is 0 Å². The Labute approximate surface area is 254 Å². The molecule has 0 aliphatic rings. The van der Waals surface area contributed by atoms with Gasteiger partial charge in [0.25, 0.3) is 0 Å². The molecule has 0 spiro atoms. The first kappa shape index (κ1) is 24.7. The number of hydrogen-bond acceptors (Lipinski definition) is 2. The predicted molar refractivity (Wildman–Crippen MR) is 183 cm³/mol. The van der Waals surface area contributed by atoms with Gasteiger partial charge >= 0.3 is 0 Å². The molecule has 2 aromatic heterocycles. The molecule has 0 saturated heterocycles. The third-order valence-corrected chi connectivity index (χ3v) is 8.68. The van der Waals surface area contributed by atoms with Crippen molar-refractivity contribution in [3.8, 4) is 44.5 Å². The van der Waals surface area contributed by atoms with Gasteiger partial charge in [-0.3, -0.25) is 0 Å². The minimum atomic E-state index is 0.891. The van der Waals surface area contributed by atoms with Gasteiger partial charge in [-0.25, -0.2) is 0 Å². The summed E-state index contributed by atoms with van der Waals surface area (Å²) in [6, 6.07) is 55.7. The molecule has 0 radical (unpaired) electrons. The Kier molecular flexibility index (Phi) is 5.54. The quantitative estimate of drug-likeness (QED) is 0.213. The molecule has 206 valence electrons. The monoisotopic (exact) mass is 562 g/mol. The molecular formula is C42H26O2. The Morgan fingerprint density at radius 1 is 0.227 bits per heavy atom. The van der Waals surface area contributed by atoms with Crippen molar-refractivity contribution in [3.63, 3.8) is 0 Å². The summed E-state index contributed by atoms with van der Waals surface area (Å²) in [5.74, 6) is 0. The zero-order valence-electron chi connectivity index (χ0n) is 23.8. The van der Waals surface area contributed by atoms with Gasteiger partial charge in [0.2, 0.25) is 0 Å². The second kappa shape index (κ2) is 9.86. The molecule has 9 rings (SSSR count). The second-order valence-corrected chi connectivity index (χ2v) is 11.4. The van der Waals surface area contributed by atoms with Gasteiger partial charge in [-0.2, -0.15) is 0 Å². The molecule has 0 aliphatic heterocycles. The van der Waals surface area contributed by atoms with E-state index in [9.17, 15) is 0 Å². The molecule has 0 unspecified atom stereocenters. The van der Waals surface area contributed by atoms with Crippen LogP contribution in [0.5, 0.6) is 0 Å². The fraction of sp³-hybridized carbons (Fsp3) is 0. The number of para-hydroxylation sites is 1. The van der Waals surface area contributed by atoms with E-state index in [1.54, 1.807) is 0 Å². The lowest BCUT2D eigenvalue weighted by molar-refractivity contribution is 0.668. The standard InChI is InChI=1S/C42H26O2/c1-2-8-27(9-3-1)28-10-6-11-29(22-28)30-12-7-13-31(23-30)32-16-20-41-37(25-32)38-26-34(18-21-42(38)44-41)33-17-19-40-36(24-33)35-14-4-5-15-39(35)43-40/h1-26H. The van der Waals surface area contributed by atoms with Gasteiger partial charge in [0.1, 0.15) is 22.3 Å². The third kappa shape index (κ3) is 4.11. The molecule has 0 amide bonds. The van der Waals surface area contributed by atoms with E-state index in [2.05, 4.69) is 146 Å². The second-order valence-electron chi connectivity index (χ2n) is 11.4. The fourth-order valence-electron chi connectivity index (χ4n) is 6.43. The van der Waals surface area contributed by atoms with Crippen LogP contribution in [0.2, 0.25) is 0 Å². The van der Waals surface area contributed by atoms with Crippen molar-refractivity contribution >= 4 is 43.9 Å². The Hall–Kier alpha value is -5.86. The van der Waals surface area contributed by atoms with Crippen LogP contribution in [0.15, 0.2) is 167 Å². The molecule has 2 heterocycles. The lowest BCUT2D eigenvalue weighted by Crippen LogP contribution is -1.83. The smallest absolute Gasteiger partial charge is 0.135 e. The molecular weight excluding hydrogens is 536 g/mol. The molecule has 0 bridgehead atoms. The fourth-order valence-corrected chi connectivity index (χ4v) is 6.43. The Morgan fingerprint density at radius 2 is 0.591 bits per heavy atom. The first-order valence-corrected chi connectivity index (χ1v) is 14.9. The summed E-state index contributed by atoms with van der Waals surface area (Å²) in [4.78, 5) is 0. The minimum absolute atomic E-state index is 0.891. The van der Waals surface area contributed by atoms with Crippen LogP contribution in [0.4, 0.5) is 0 Å². The highest BCUT2D eigenvalue weighted by Crippen LogP contribution is 2.38. The predicted octanol–water partition coefficient (Wildman–Crippen LogP) is 12.2. The van der Waals surface area contributed by atoms with Crippen LogP contribution in [-0.2, 0) is 0 Å². The summed E-state index contributed by atoms with van der Waals surface area (Å²) in [6.07, 6.45) is 0. The molecule has 2 heteroatoms. The van der Waals surface area contributed by atoms with Gasteiger partial charge in [0.05, 0.1) is 0 Å². The van der Waals surface area contributed by atoms with E-state index in [4.69, 9.17) is 8.83 Å². The van der Waals surface area contributed by atoms with Crippen LogP contribution in [-0.4, -0.2) is 0 Å². The molecule has 0 atom stereocenters. The van der Waals surface area contributed by atoms with Gasteiger partial charge in [-0.05, 0) is 99.1 Å². The van der Waals surface area contributed by atoms with Crippen molar-refractivity contribution in [2.75, 3.05) is 0 Å². The van der Waals surface area contributed by atoms with Gasteiger partial charge < -0.3 is 8.83 Å². The van der Waals surface area contributed by atoms with Crippen LogP contribution in [0.1, 0.15) is 0 Å². The summed E-state index contributed by atoms with van der Waals surface area (Å²) < 4.78 is 12.3. The van der Waals surface area contributed by atoms with Crippen molar-refractivity contribution < 1.29 is 8.83 Å². The topological polar surface area (TPSA) is 26.3 Å². The van der Waals surface area contributed by atoms with E-state index in [0.29, 0.717) is 0 Å². The minimum Gasteiger partial charge on any atom is -0.456 e. The van der Waals surface area contributed by atoms with Crippen molar-refractivity contribution in [3.05, 3.63) is 158 Å². The molecule has 2 nitrogen and oxygen atoms in total. The molecule has 9 aromatic rings. The molecule has 0 fully saturated rings. The number of benzene rings is 7. The summed E-state index contributed by atoms with van der Waals surface area (Å²) in [6.45, 7) is 0. The average molecular weight is 563 g/mol. The van der Waals surface area contributed by atoms with Crippen LogP contribution < -0.4 is 0 Å². The van der Waals surface area contributed by atoms with E-state index in [1.165, 1.54) is 27.8 Å². The van der Waals surface area contributed by atoms with Gasteiger partial charge in [-0.1, -0.05) is 103 Å². The number of hydrogen-bond donors (Lipinski definition) is 0. The van der Waals surface area contributed by atoms with Gasteiger partial charge in [0, 0.05) is 21.5 Å². The van der Waals surface area contributed by atoms with E-state index in [-0.39, 0.29) is 0 Å². The van der Waals surface area contributed by atoms with E-state index >= 15 is 0 Å². The lowest BCUT2D eigenvalue weighted by Gasteiger charge is -2.09. The molecule has 0 saturated carbocycles. The largest absolute Gasteiger partial charge is 0.456 e. The van der Waals surface area contributed by atoms with Crippen molar-refractivity contribution in [1.82, 2.24) is 0 Å². The highest BCUT2D eigenvalue weighted by atomic mass is 16.3. The number of furan rings is 2. The summed E-state index contributed by atoms with van der Waals surface area (Å²) in [5, 5.41) is 4.50. The highest BCUT2D eigenvalue weighted by molar-refractivity contribution is 6.09. The van der Waals surface area contributed by atoms with E-state index in [0.717, 1.165) is 60.6 Å². The third-order valence-electron chi connectivity index (χ3n) is 8.68. The average Bonchev–Trinajstić information content (AvgIpc) is 3.66. The maximum absolute atomic E-state index is 6.28. The first-order chi connectivity index (χ1) is 21.8. The number of fused-ring (bicyclic) bond motifs is 6. The maximum atomic E-state index is 6.28. The van der Waals surface area contributed by atoms with E-state index < -0.39 is 0 Å². The van der Waals surface area contributed by atoms with Gasteiger partial charge in [0.15, 0.2) is 0 Å². The molecule has 7 aromatic carbocycles. The van der Waals surface area contributed by atoms with Crippen LogP contribution in [0.3, 0.4) is 0 Å². The van der Waals surface area contributed by atoms with Crippen LogP contribution >= 0.6 is 0 Å². The number of rotatable bonds is 4. The van der Waals surface area contributed by atoms with Crippen molar-refractivity contribution in [1.29, 1.82) is 0 Å². The molecule has 0 aliphatic carbocycles. The summed E-state index contributed by atoms with van der Waals surface area (Å²) in [5.41, 5.74) is 13.1.